The van der Waals surface area contributed by atoms with Crippen LogP contribution in [0.2, 0.25) is 0 Å². The minimum absolute atomic E-state index is 0. The van der Waals surface area contributed by atoms with Crippen LogP contribution in [0.25, 0.3) is 10.8 Å². The second kappa shape index (κ2) is 5.69. The summed E-state index contributed by atoms with van der Waals surface area (Å²) >= 11 is 0. The number of rotatable bonds is 2. The predicted octanol–water partition coefficient (Wildman–Crippen LogP) is 1.15. The zero-order valence-corrected chi connectivity index (χ0v) is 11.8. The van der Waals surface area contributed by atoms with Crippen molar-refractivity contribution in [2.45, 2.75) is 20.3 Å². The Balaban J connectivity index is 0.00000112. The Bertz CT molecular complexity index is 432. The summed E-state index contributed by atoms with van der Waals surface area (Å²) in [5.74, 6) is 0.723. The zero-order chi connectivity index (χ0) is 9.97. The Hall–Kier alpha value is -0.300. The van der Waals surface area contributed by atoms with Gasteiger partial charge in [-0.25, -0.2) is 0 Å². The first-order valence-electron chi connectivity index (χ1n) is 5.24. The van der Waals surface area contributed by atoms with Gasteiger partial charge in [0.2, 0.25) is 0 Å². The van der Waals surface area contributed by atoms with Gasteiger partial charge in [-0.3, -0.25) is 0 Å². The van der Waals surface area contributed by atoms with E-state index in [1.54, 1.807) is 0 Å². The summed E-state index contributed by atoms with van der Waals surface area (Å²) in [5, 5.41) is 2.76. The first kappa shape index (κ1) is 12.8. The summed E-state index contributed by atoms with van der Waals surface area (Å²) in [4.78, 5) is 0. The predicted molar refractivity (Wildman–Crippen MR) is 63.6 cm³/mol. The fourth-order valence-corrected chi connectivity index (χ4v) is 1.91. The molecule has 0 aliphatic carbocycles. The third kappa shape index (κ3) is 3.07. The maximum absolute atomic E-state index is 2.27. The van der Waals surface area contributed by atoms with E-state index in [0.29, 0.717) is 0 Å². The van der Waals surface area contributed by atoms with E-state index in [1.807, 2.05) is 0 Å². The molecule has 2 aromatic carbocycles. The van der Waals surface area contributed by atoms with Gasteiger partial charge in [-0.2, -0.15) is 0 Å². The summed E-state index contributed by atoms with van der Waals surface area (Å²) < 4.78 is 0. The van der Waals surface area contributed by atoms with Gasteiger partial charge in [0.05, 0.1) is 0 Å². The summed E-state index contributed by atoms with van der Waals surface area (Å²) in [7, 11) is 0. The van der Waals surface area contributed by atoms with E-state index in [-0.39, 0.29) is 31.0 Å². The molecule has 0 nitrogen and oxygen atoms in total. The molecule has 0 heterocycles. The summed E-state index contributed by atoms with van der Waals surface area (Å²) in [6.07, 6.45) is 1.17. The molecule has 0 aliphatic rings. The molecule has 0 aromatic heterocycles. The van der Waals surface area contributed by atoms with Crippen molar-refractivity contribution in [2.24, 2.45) is 5.92 Å². The van der Waals surface area contributed by atoms with Gasteiger partial charge >= 0.3 is 29.6 Å². The minimum atomic E-state index is 0. The summed E-state index contributed by atoms with van der Waals surface area (Å²) in [5.41, 5.74) is 1.47. The normalized spacial score (nSPS) is 10.3. The van der Waals surface area contributed by atoms with Gasteiger partial charge in [0, 0.05) is 0 Å². The average molecular weight is 208 g/mol. The molecule has 2 aromatic rings. The second-order valence-corrected chi connectivity index (χ2v) is 4.24. The van der Waals surface area contributed by atoms with Gasteiger partial charge in [-0.1, -0.05) is 56.3 Å². The molecule has 0 saturated carbocycles. The van der Waals surface area contributed by atoms with Crippen LogP contribution in [0.1, 0.15) is 20.8 Å². The van der Waals surface area contributed by atoms with E-state index in [2.05, 4.69) is 56.3 Å². The molecule has 2 rings (SSSR count). The first-order valence-corrected chi connectivity index (χ1v) is 5.24. The third-order valence-corrected chi connectivity index (χ3v) is 2.51. The Morgan fingerprint density at radius 2 is 1.67 bits per heavy atom. The van der Waals surface area contributed by atoms with E-state index < -0.39 is 0 Å². The van der Waals surface area contributed by atoms with Crippen LogP contribution in [0.3, 0.4) is 0 Å². The van der Waals surface area contributed by atoms with Crippen LogP contribution >= 0.6 is 0 Å². The maximum Gasteiger partial charge on any atom is 1.00 e. The molecular formula is C14H17Na. The Morgan fingerprint density at radius 3 is 2.40 bits per heavy atom. The van der Waals surface area contributed by atoms with Crippen LogP contribution in [-0.4, -0.2) is 0 Å². The van der Waals surface area contributed by atoms with Gasteiger partial charge in [0.1, 0.15) is 0 Å². The molecule has 0 radical (unpaired) electrons. The smallest absolute Gasteiger partial charge is 1.00 e. The maximum atomic E-state index is 2.27. The fraction of sp³-hybridized carbons (Fsp3) is 0.286. The average Bonchev–Trinajstić information content (AvgIpc) is 2.18. The molecule has 0 N–H and O–H groups in total. The van der Waals surface area contributed by atoms with Crippen molar-refractivity contribution in [3.05, 3.63) is 48.0 Å². The van der Waals surface area contributed by atoms with Crippen molar-refractivity contribution in [3.63, 3.8) is 0 Å². The van der Waals surface area contributed by atoms with Gasteiger partial charge in [-0.15, -0.1) is 0 Å². The molecule has 0 fully saturated rings. The van der Waals surface area contributed by atoms with Crippen LogP contribution in [0.15, 0.2) is 42.5 Å². The van der Waals surface area contributed by atoms with Crippen LogP contribution in [0, 0.1) is 5.92 Å². The van der Waals surface area contributed by atoms with Crippen LogP contribution < -0.4 is 29.6 Å². The Labute approximate surface area is 115 Å². The van der Waals surface area contributed by atoms with Crippen molar-refractivity contribution >= 4 is 10.8 Å². The van der Waals surface area contributed by atoms with Gasteiger partial charge in [0.25, 0.3) is 0 Å². The second-order valence-electron chi connectivity index (χ2n) is 4.24. The standard InChI is InChI=1S/C14H16.Na.H/c1-11(2)10-13-8-5-7-12-6-3-4-9-14(12)13;;/h3-9,11H,10H2,1-2H3;;/q;+1;-1. The van der Waals surface area contributed by atoms with Crippen molar-refractivity contribution in [1.82, 2.24) is 0 Å². The monoisotopic (exact) mass is 208 g/mol. The van der Waals surface area contributed by atoms with Crippen molar-refractivity contribution in [3.8, 4) is 0 Å². The number of fused-ring (bicyclic) bond motifs is 1. The molecule has 0 amide bonds. The number of hydrogen-bond acceptors (Lipinski definition) is 0. The van der Waals surface area contributed by atoms with Crippen molar-refractivity contribution < 1.29 is 31.0 Å². The fourth-order valence-electron chi connectivity index (χ4n) is 1.91. The zero-order valence-electron chi connectivity index (χ0n) is 10.8. The largest absolute Gasteiger partial charge is 1.00 e. The molecule has 0 unspecified atom stereocenters. The molecule has 0 spiro atoms. The third-order valence-electron chi connectivity index (χ3n) is 2.51. The molecule has 74 valence electrons. The molecule has 1 heteroatoms. The van der Waals surface area contributed by atoms with Crippen LogP contribution in [0.5, 0.6) is 0 Å². The van der Waals surface area contributed by atoms with Gasteiger partial charge in [0.15, 0.2) is 0 Å². The quantitative estimate of drug-likeness (QED) is 0.650. The molecule has 0 bridgehead atoms. The van der Waals surface area contributed by atoms with E-state index in [1.165, 1.54) is 22.8 Å². The Kier molecular flexibility index (Phi) is 4.85. The SMILES string of the molecule is CC(C)Cc1cccc2ccccc12.[H-].[Na+]. The van der Waals surface area contributed by atoms with Crippen LogP contribution in [0.4, 0.5) is 0 Å². The van der Waals surface area contributed by atoms with Gasteiger partial charge < -0.3 is 1.43 Å². The molecular weight excluding hydrogens is 191 g/mol. The van der Waals surface area contributed by atoms with E-state index >= 15 is 0 Å². The molecule has 15 heavy (non-hydrogen) atoms. The van der Waals surface area contributed by atoms with E-state index in [4.69, 9.17) is 0 Å². The minimum Gasteiger partial charge on any atom is -1.00 e. The molecule has 0 saturated heterocycles. The van der Waals surface area contributed by atoms with E-state index in [0.717, 1.165) is 5.92 Å². The Morgan fingerprint density at radius 1 is 1.00 bits per heavy atom. The summed E-state index contributed by atoms with van der Waals surface area (Å²) in [6, 6.07) is 15.2. The topological polar surface area (TPSA) is 0 Å². The van der Waals surface area contributed by atoms with Crippen molar-refractivity contribution in [2.75, 3.05) is 0 Å². The first-order chi connectivity index (χ1) is 6.77. The number of hydrogen-bond donors (Lipinski definition) is 0. The van der Waals surface area contributed by atoms with Crippen LogP contribution in [-0.2, 0) is 6.42 Å². The number of benzene rings is 2. The molecule has 0 atom stereocenters. The van der Waals surface area contributed by atoms with E-state index in [9.17, 15) is 0 Å². The van der Waals surface area contributed by atoms with Crippen molar-refractivity contribution in [1.29, 1.82) is 0 Å². The van der Waals surface area contributed by atoms with Gasteiger partial charge in [-0.05, 0) is 28.7 Å². The molecule has 0 aliphatic heterocycles. The summed E-state index contributed by atoms with van der Waals surface area (Å²) in [6.45, 7) is 4.53.